The highest BCUT2D eigenvalue weighted by Crippen LogP contribution is 2.53. The number of hydrogen-bond donors (Lipinski definition) is 4. The van der Waals surface area contributed by atoms with Gasteiger partial charge in [0.05, 0.1) is 12.9 Å². The van der Waals surface area contributed by atoms with Crippen LogP contribution in [0.4, 0.5) is 5.82 Å². The number of anilines is 1. The smallest absolute Gasteiger partial charge is 0.227 e. The van der Waals surface area contributed by atoms with Crippen LogP contribution in [-0.4, -0.2) is 71.6 Å². The molecule has 3 rings (SSSR count). The van der Waals surface area contributed by atoms with Crippen LogP contribution in [0.25, 0.3) is 11.2 Å². The molecule has 11 nitrogen and oxygen atoms in total. The summed E-state index contributed by atoms with van der Waals surface area (Å²) in [5.74, 6) is 0.182. The van der Waals surface area contributed by atoms with Gasteiger partial charge in [-0.1, -0.05) is 0 Å². The Morgan fingerprint density at radius 3 is 2.73 bits per heavy atom. The highest BCUT2D eigenvalue weighted by Gasteiger charge is 2.50. The molecule has 0 radical (unpaired) electrons. The number of nitrogens with two attached hydrogens (primary N) is 1. The Labute approximate surface area is 149 Å². The van der Waals surface area contributed by atoms with Crippen LogP contribution in [0.3, 0.4) is 0 Å². The third-order valence-corrected chi connectivity index (χ3v) is 6.68. The first-order chi connectivity index (χ1) is 12.1. The van der Waals surface area contributed by atoms with E-state index >= 15 is 0 Å². The van der Waals surface area contributed by atoms with Crippen molar-refractivity contribution in [2.75, 3.05) is 19.0 Å². The lowest BCUT2D eigenvalue weighted by Crippen LogP contribution is -2.42. The standard InChI is InChI=1S/C14H22N5O6P/c1-14(2,26(3,22)23)25-10-7(4-20)24-13(9(10)21)19-6-18-8-11(15)16-5-17-12(8)19/h5-7,9-10,13,20-21H,4H2,1-3H3,(H,22,23)(H2,15,16,17)/t7-,9?,10?,13-/m1/s1. The first-order valence-electron chi connectivity index (χ1n) is 7.92. The van der Waals surface area contributed by atoms with E-state index in [1.807, 2.05) is 0 Å². The molecule has 26 heavy (non-hydrogen) atoms. The van der Waals surface area contributed by atoms with Crippen molar-refractivity contribution < 1.29 is 29.1 Å². The Balaban J connectivity index is 1.94. The molecular formula is C14H22N5O6P. The second-order valence-electron chi connectivity index (χ2n) is 6.73. The number of imidazole rings is 1. The zero-order chi connectivity index (χ0) is 19.3. The average Bonchev–Trinajstić information content (AvgIpc) is 3.09. The molecule has 5 atom stereocenters. The van der Waals surface area contributed by atoms with Gasteiger partial charge in [0, 0.05) is 6.66 Å². The molecule has 0 aliphatic carbocycles. The number of aromatic nitrogens is 4. The molecule has 0 saturated carbocycles. The minimum atomic E-state index is -3.64. The Morgan fingerprint density at radius 2 is 2.12 bits per heavy atom. The molecule has 1 saturated heterocycles. The van der Waals surface area contributed by atoms with Gasteiger partial charge in [0.2, 0.25) is 7.37 Å². The molecule has 0 aromatic carbocycles. The summed E-state index contributed by atoms with van der Waals surface area (Å²) in [6.45, 7) is 3.62. The zero-order valence-corrected chi connectivity index (χ0v) is 15.4. The summed E-state index contributed by atoms with van der Waals surface area (Å²) in [5, 5.41) is 18.9. The van der Waals surface area contributed by atoms with Crippen molar-refractivity contribution in [3.05, 3.63) is 12.7 Å². The topological polar surface area (TPSA) is 166 Å². The van der Waals surface area contributed by atoms with Crippen LogP contribution in [0.2, 0.25) is 0 Å². The van der Waals surface area contributed by atoms with Gasteiger partial charge in [-0.25, -0.2) is 15.0 Å². The molecule has 144 valence electrons. The van der Waals surface area contributed by atoms with Crippen LogP contribution < -0.4 is 5.73 Å². The fraction of sp³-hybridized carbons (Fsp3) is 0.643. The van der Waals surface area contributed by atoms with E-state index in [9.17, 15) is 19.7 Å². The fourth-order valence-electron chi connectivity index (χ4n) is 2.73. The van der Waals surface area contributed by atoms with Crippen LogP contribution in [0, 0.1) is 0 Å². The molecule has 1 fully saturated rings. The van der Waals surface area contributed by atoms with Gasteiger partial charge < -0.3 is 30.3 Å². The predicted molar refractivity (Wildman–Crippen MR) is 91.4 cm³/mol. The summed E-state index contributed by atoms with van der Waals surface area (Å²) in [4.78, 5) is 21.9. The van der Waals surface area contributed by atoms with Crippen LogP contribution in [0.5, 0.6) is 0 Å². The van der Waals surface area contributed by atoms with Crippen molar-refractivity contribution >= 4 is 24.4 Å². The van der Waals surface area contributed by atoms with E-state index in [0.717, 1.165) is 0 Å². The van der Waals surface area contributed by atoms with E-state index in [-0.39, 0.29) is 5.82 Å². The van der Waals surface area contributed by atoms with Gasteiger partial charge in [-0.05, 0) is 13.8 Å². The molecular weight excluding hydrogens is 365 g/mol. The lowest BCUT2D eigenvalue weighted by atomic mass is 10.1. The molecule has 1 aliphatic heterocycles. The number of fused-ring (bicyclic) bond motifs is 1. The minimum absolute atomic E-state index is 0.182. The number of ether oxygens (including phenoxy) is 2. The van der Waals surface area contributed by atoms with Gasteiger partial charge >= 0.3 is 0 Å². The third kappa shape index (κ3) is 3.11. The summed E-state index contributed by atoms with van der Waals surface area (Å²) in [5.41, 5.74) is 6.46. The van der Waals surface area contributed by atoms with E-state index in [4.69, 9.17) is 15.2 Å². The molecule has 3 unspecified atom stereocenters. The van der Waals surface area contributed by atoms with Gasteiger partial charge in [-0.2, -0.15) is 0 Å². The van der Waals surface area contributed by atoms with Crippen molar-refractivity contribution in [3.8, 4) is 0 Å². The average molecular weight is 387 g/mol. The van der Waals surface area contributed by atoms with Crippen LogP contribution >= 0.6 is 7.37 Å². The lowest BCUT2D eigenvalue weighted by molar-refractivity contribution is -0.0975. The highest BCUT2D eigenvalue weighted by molar-refractivity contribution is 7.58. The molecule has 0 bridgehead atoms. The Bertz CT molecular complexity index is 851. The van der Waals surface area contributed by atoms with Crippen LogP contribution in [0.15, 0.2) is 12.7 Å². The predicted octanol–water partition coefficient (Wildman–Crippen LogP) is -0.319. The van der Waals surface area contributed by atoms with Crippen molar-refractivity contribution in [1.29, 1.82) is 0 Å². The summed E-state index contributed by atoms with van der Waals surface area (Å²) in [6, 6.07) is 0. The number of rotatable bonds is 5. The van der Waals surface area contributed by atoms with Crippen LogP contribution in [0.1, 0.15) is 20.1 Å². The van der Waals surface area contributed by atoms with Gasteiger partial charge in [0.1, 0.15) is 35.5 Å². The quantitative estimate of drug-likeness (QED) is 0.499. The summed E-state index contributed by atoms with van der Waals surface area (Å²) < 4.78 is 24.9. The van der Waals surface area contributed by atoms with Gasteiger partial charge in [-0.3, -0.25) is 9.13 Å². The largest absolute Gasteiger partial charge is 0.394 e. The first-order valence-corrected chi connectivity index (χ1v) is 10.0. The SMILES string of the molecule is CC(C)(OC1C(O)[C@H](n2cnc3c(N)ncnc32)O[C@@H]1CO)P(C)(=O)O. The van der Waals surface area contributed by atoms with E-state index in [2.05, 4.69) is 15.0 Å². The number of nitrogen functional groups attached to an aromatic ring is 1. The van der Waals surface area contributed by atoms with Crippen LogP contribution in [-0.2, 0) is 14.0 Å². The second-order valence-corrected chi connectivity index (χ2v) is 9.56. The van der Waals surface area contributed by atoms with E-state index in [1.165, 1.54) is 37.7 Å². The van der Waals surface area contributed by atoms with Crippen molar-refractivity contribution in [3.63, 3.8) is 0 Å². The summed E-state index contributed by atoms with van der Waals surface area (Å²) in [7, 11) is -3.64. The van der Waals surface area contributed by atoms with Crippen molar-refractivity contribution in [2.24, 2.45) is 0 Å². The molecule has 3 heterocycles. The molecule has 0 amide bonds. The summed E-state index contributed by atoms with van der Waals surface area (Å²) >= 11 is 0. The molecule has 5 N–H and O–H groups in total. The maximum atomic E-state index is 12.0. The van der Waals surface area contributed by atoms with Crippen molar-refractivity contribution in [2.45, 2.75) is 43.7 Å². The molecule has 1 aliphatic rings. The second kappa shape index (κ2) is 6.52. The fourth-order valence-corrected chi connectivity index (χ4v) is 3.05. The Morgan fingerprint density at radius 1 is 1.42 bits per heavy atom. The normalized spacial score (nSPS) is 29.2. The van der Waals surface area contributed by atoms with Crippen molar-refractivity contribution in [1.82, 2.24) is 19.5 Å². The molecule has 2 aromatic rings. The summed E-state index contributed by atoms with van der Waals surface area (Å²) in [6.07, 6.45) is -1.50. The van der Waals surface area contributed by atoms with E-state index < -0.39 is 43.9 Å². The number of nitrogens with zero attached hydrogens (tertiary/aromatic N) is 4. The van der Waals surface area contributed by atoms with E-state index in [1.54, 1.807) is 0 Å². The lowest BCUT2D eigenvalue weighted by Gasteiger charge is -2.33. The number of aliphatic hydroxyl groups is 2. The zero-order valence-electron chi connectivity index (χ0n) is 14.6. The van der Waals surface area contributed by atoms with Gasteiger partial charge in [0.25, 0.3) is 0 Å². The molecule has 0 spiro atoms. The number of hydrogen-bond acceptors (Lipinski definition) is 9. The first kappa shape index (κ1) is 19.2. The maximum Gasteiger partial charge on any atom is 0.227 e. The maximum absolute atomic E-state index is 12.0. The molecule has 12 heteroatoms. The Hall–Kier alpha value is -1.62. The Kier molecular flexibility index (Phi) is 4.80. The van der Waals surface area contributed by atoms with E-state index in [0.29, 0.717) is 11.2 Å². The third-order valence-electron chi connectivity index (χ3n) is 4.57. The highest BCUT2D eigenvalue weighted by atomic mass is 31.2. The van der Waals surface area contributed by atoms with Gasteiger partial charge in [-0.15, -0.1) is 0 Å². The monoisotopic (exact) mass is 387 g/mol. The minimum Gasteiger partial charge on any atom is -0.394 e. The molecule has 2 aromatic heterocycles. The number of aliphatic hydroxyl groups excluding tert-OH is 2. The van der Waals surface area contributed by atoms with Gasteiger partial charge in [0.15, 0.2) is 17.7 Å².